The van der Waals surface area contributed by atoms with Gasteiger partial charge in [0.1, 0.15) is 0 Å². The van der Waals surface area contributed by atoms with Gasteiger partial charge < -0.3 is 9.84 Å². The summed E-state index contributed by atoms with van der Waals surface area (Å²) in [6.45, 7) is 0. The number of hydrazone groups is 1. The summed E-state index contributed by atoms with van der Waals surface area (Å²) in [7, 11) is 1.46. The number of rotatable bonds is 5. The van der Waals surface area contributed by atoms with Gasteiger partial charge in [-0.25, -0.2) is 5.43 Å². The van der Waals surface area contributed by atoms with Crippen LogP contribution in [0.15, 0.2) is 37.6 Å². The Balaban J connectivity index is 2.07. The van der Waals surface area contributed by atoms with Crippen molar-refractivity contribution in [2.45, 2.75) is 6.42 Å². The lowest BCUT2D eigenvalue weighted by Gasteiger charge is -2.09. The van der Waals surface area contributed by atoms with Gasteiger partial charge in [-0.15, -0.1) is 11.3 Å². The molecule has 116 valence electrons. The Kier molecular flexibility index (Phi) is 5.98. The van der Waals surface area contributed by atoms with Crippen molar-refractivity contribution in [3.63, 3.8) is 0 Å². The fourth-order valence-corrected chi connectivity index (χ4v) is 3.18. The molecule has 0 bridgehead atoms. The molecule has 5 nitrogen and oxygen atoms in total. The number of amides is 1. The molecule has 0 saturated carbocycles. The van der Waals surface area contributed by atoms with E-state index in [0.29, 0.717) is 26.7 Å². The normalized spacial score (nSPS) is 10.9. The molecule has 0 atom stereocenters. The maximum atomic E-state index is 11.7. The van der Waals surface area contributed by atoms with Crippen LogP contribution in [-0.4, -0.2) is 24.3 Å². The van der Waals surface area contributed by atoms with Gasteiger partial charge in [-0.05, 0) is 49.4 Å². The molecular weight excluding hydrogens is 436 g/mol. The van der Waals surface area contributed by atoms with Gasteiger partial charge in [0.2, 0.25) is 5.91 Å². The van der Waals surface area contributed by atoms with Gasteiger partial charge in [-0.2, -0.15) is 5.10 Å². The van der Waals surface area contributed by atoms with E-state index >= 15 is 0 Å². The van der Waals surface area contributed by atoms with Crippen LogP contribution in [0.4, 0.5) is 0 Å². The Morgan fingerprint density at radius 3 is 2.91 bits per heavy atom. The number of halogens is 2. The number of aromatic hydroxyl groups is 1. The summed E-state index contributed by atoms with van der Waals surface area (Å²) in [5.41, 5.74) is 3.12. The molecular formula is C14H12Br2N2O3S. The number of phenols is 1. The van der Waals surface area contributed by atoms with Crippen LogP contribution in [0.3, 0.4) is 0 Å². The van der Waals surface area contributed by atoms with Crippen molar-refractivity contribution in [3.8, 4) is 11.5 Å². The predicted octanol–water partition coefficient (Wildman–Crippen LogP) is 3.68. The zero-order valence-corrected chi connectivity index (χ0v) is 15.5. The van der Waals surface area contributed by atoms with Gasteiger partial charge in [0.25, 0.3) is 0 Å². The van der Waals surface area contributed by atoms with Gasteiger partial charge in [-0.3, -0.25) is 4.79 Å². The van der Waals surface area contributed by atoms with Crippen LogP contribution < -0.4 is 10.2 Å². The predicted molar refractivity (Wildman–Crippen MR) is 93.8 cm³/mol. The lowest BCUT2D eigenvalue weighted by molar-refractivity contribution is -0.120. The number of hydrogen-bond acceptors (Lipinski definition) is 5. The highest BCUT2D eigenvalue weighted by Gasteiger charge is 2.13. The molecule has 22 heavy (non-hydrogen) atoms. The minimum atomic E-state index is -0.195. The molecule has 0 aliphatic carbocycles. The lowest BCUT2D eigenvalue weighted by Crippen LogP contribution is -2.19. The van der Waals surface area contributed by atoms with Crippen LogP contribution in [0.2, 0.25) is 0 Å². The summed E-state index contributed by atoms with van der Waals surface area (Å²) in [5.74, 6) is 0.106. The van der Waals surface area contributed by atoms with Crippen molar-refractivity contribution >= 4 is 55.3 Å². The van der Waals surface area contributed by atoms with Gasteiger partial charge in [0.05, 0.1) is 24.2 Å². The highest BCUT2D eigenvalue weighted by molar-refractivity contribution is 9.13. The number of ether oxygens (including phenoxy) is 1. The molecule has 1 amide bonds. The minimum absolute atomic E-state index is 0.00624. The van der Waals surface area contributed by atoms with Crippen molar-refractivity contribution in [3.05, 3.63) is 43.0 Å². The second-order valence-corrected chi connectivity index (χ2v) is 6.81. The van der Waals surface area contributed by atoms with Crippen molar-refractivity contribution in [1.82, 2.24) is 5.43 Å². The van der Waals surface area contributed by atoms with Crippen LogP contribution in [0.5, 0.6) is 11.5 Å². The Labute approximate surface area is 148 Å². The molecule has 1 aromatic heterocycles. The second-order valence-electron chi connectivity index (χ2n) is 4.19. The number of hydrogen-bond donors (Lipinski definition) is 2. The fourth-order valence-electron chi connectivity index (χ4n) is 1.65. The van der Waals surface area contributed by atoms with E-state index in [1.54, 1.807) is 6.07 Å². The fraction of sp³-hybridized carbons (Fsp3) is 0.143. The summed E-state index contributed by atoms with van der Waals surface area (Å²) in [6, 6.07) is 5.40. The van der Waals surface area contributed by atoms with E-state index in [4.69, 9.17) is 4.74 Å². The van der Waals surface area contributed by atoms with Crippen molar-refractivity contribution in [1.29, 1.82) is 0 Å². The zero-order valence-electron chi connectivity index (χ0n) is 11.5. The molecule has 0 spiro atoms. The van der Waals surface area contributed by atoms with Crippen LogP contribution >= 0.6 is 43.2 Å². The topological polar surface area (TPSA) is 70.9 Å². The molecule has 0 aliphatic heterocycles. The average Bonchev–Trinajstić information content (AvgIpc) is 3.00. The van der Waals surface area contributed by atoms with Crippen LogP contribution in [0.1, 0.15) is 10.4 Å². The number of methoxy groups -OCH3 is 1. The summed E-state index contributed by atoms with van der Waals surface area (Å²) in [4.78, 5) is 12.7. The van der Waals surface area contributed by atoms with Crippen LogP contribution in [-0.2, 0) is 11.2 Å². The van der Waals surface area contributed by atoms with Crippen molar-refractivity contribution in [2.75, 3.05) is 7.11 Å². The van der Waals surface area contributed by atoms with E-state index in [-0.39, 0.29) is 11.7 Å². The average molecular weight is 448 g/mol. The highest BCUT2D eigenvalue weighted by Crippen LogP contribution is 2.41. The first kappa shape index (κ1) is 17.0. The molecule has 8 heteroatoms. The number of thiophene rings is 1. The standard InChI is InChI=1S/C14H12Br2N2O3S/c1-21-10-5-8(12(15)13(16)14(10)20)7-17-18-11(19)6-9-3-2-4-22-9/h2-5,7,20H,6H2,1H3,(H,18,19)/b17-7+. The van der Waals surface area contributed by atoms with Gasteiger partial charge in [0.15, 0.2) is 11.5 Å². The van der Waals surface area contributed by atoms with Gasteiger partial charge in [0, 0.05) is 14.9 Å². The van der Waals surface area contributed by atoms with Crippen LogP contribution in [0, 0.1) is 0 Å². The Bertz CT molecular complexity index is 703. The first-order chi connectivity index (χ1) is 10.5. The lowest BCUT2D eigenvalue weighted by atomic mass is 10.2. The molecule has 0 saturated heterocycles. The largest absolute Gasteiger partial charge is 0.503 e. The van der Waals surface area contributed by atoms with Gasteiger partial charge in [-0.1, -0.05) is 6.07 Å². The Morgan fingerprint density at radius 2 is 2.27 bits per heavy atom. The third-order valence-corrected chi connectivity index (χ3v) is 5.74. The summed E-state index contributed by atoms with van der Waals surface area (Å²) in [6.07, 6.45) is 1.77. The SMILES string of the molecule is COc1cc(/C=N/NC(=O)Cc2cccs2)c(Br)c(Br)c1O. The molecule has 1 heterocycles. The summed E-state index contributed by atoms with van der Waals surface area (Å²) in [5, 5.41) is 15.7. The zero-order chi connectivity index (χ0) is 16.1. The Morgan fingerprint density at radius 1 is 1.50 bits per heavy atom. The van der Waals surface area contributed by atoms with E-state index in [2.05, 4.69) is 42.4 Å². The number of phenolic OH excluding ortho intramolecular Hbond substituents is 1. The molecule has 1 aromatic carbocycles. The maximum absolute atomic E-state index is 11.7. The third-order valence-electron chi connectivity index (χ3n) is 2.70. The van der Waals surface area contributed by atoms with Crippen LogP contribution in [0.25, 0.3) is 0 Å². The smallest absolute Gasteiger partial charge is 0.245 e. The maximum Gasteiger partial charge on any atom is 0.245 e. The quantitative estimate of drug-likeness (QED) is 0.542. The van der Waals surface area contributed by atoms with E-state index in [0.717, 1.165) is 4.88 Å². The highest BCUT2D eigenvalue weighted by atomic mass is 79.9. The molecule has 2 aromatic rings. The molecule has 0 radical (unpaired) electrons. The number of nitrogens with zero attached hydrogens (tertiary/aromatic N) is 1. The number of carbonyl (C=O) groups is 1. The molecule has 2 rings (SSSR count). The Hall–Kier alpha value is -1.38. The molecule has 0 unspecified atom stereocenters. The molecule has 0 aliphatic rings. The molecule has 2 N–H and O–H groups in total. The number of carbonyl (C=O) groups excluding carboxylic acids is 1. The van der Waals surface area contributed by atoms with E-state index < -0.39 is 0 Å². The summed E-state index contributed by atoms with van der Waals surface area (Å²) < 4.78 is 6.14. The van der Waals surface area contributed by atoms with E-state index in [1.807, 2.05) is 17.5 Å². The number of benzene rings is 1. The second kappa shape index (κ2) is 7.75. The monoisotopic (exact) mass is 446 g/mol. The first-order valence-corrected chi connectivity index (χ1v) is 8.58. The summed E-state index contributed by atoms with van der Waals surface area (Å²) >= 11 is 8.12. The third kappa shape index (κ3) is 4.08. The van der Waals surface area contributed by atoms with Crippen molar-refractivity contribution < 1.29 is 14.6 Å². The van der Waals surface area contributed by atoms with E-state index in [9.17, 15) is 9.90 Å². The van der Waals surface area contributed by atoms with E-state index in [1.165, 1.54) is 24.7 Å². The van der Waals surface area contributed by atoms with Gasteiger partial charge >= 0.3 is 0 Å². The molecule has 0 fully saturated rings. The number of nitrogens with one attached hydrogen (secondary N) is 1. The first-order valence-electron chi connectivity index (χ1n) is 6.12. The minimum Gasteiger partial charge on any atom is -0.503 e. The van der Waals surface area contributed by atoms with Crippen molar-refractivity contribution in [2.24, 2.45) is 5.10 Å².